The lowest BCUT2D eigenvalue weighted by Crippen LogP contribution is -2.23. The Labute approximate surface area is 126 Å². The van der Waals surface area contributed by atoms with Crippen LogP contribution in [-0.4, -0.2) is 16.0 Å². The number of nitrogens with zero attached hydrogens (tertiary/aromatic N) is 1. The summed E-state index contributed by atoms with van der Waals surface area (Å²) in [5.74, 6) is -0.314. The van der Waals surface area contributed by atoms with Gasteiger partial charge in [0, 0.05) is 6.54 Å². The van der Waals surface area contributed by atoms with E-state index in [1.165, 1.54) is 12.1 Å². The second kappa shape index (κ2) is 6.70. The maximum Gasteiger partial charge on any atom is 0.254 e. The van der Waals surface area contributed by atoms with Crippen LogP contribution < -0.4 is 5.32 Å². The number of benzene rings is 1. The fourth-order valence-electron chi connectivity index (χ4n) is 1.62. The highest BCUT2D eigenvalue weighted by molar-refractivity contribution is 6.34. The van der Waals surface area contributed by atoms with Crippen LogP contribution in [0, 0.1) is 0 Å². The van der Waals surface area contributed by atoms with Crippen LogP contribution >= 0.6 is 23.2 Å². The van der Waals surface area contributed by atoms with Crippen molar-refractivity contribution in [2.24, 2.45) is 0 Å². The van der Waals surface area contributed by atoms with Gasteiger partial charge in [0.05, 0.1) is 12.2 Å². The molecule has 0 aliphatic rings. The number of hydrogen-bond donors (Lipinski definition) is 2. The number of aliphatic hydroxyl groups is 1. The Balaban J connectivity index is 2.00. The van der Waals surface area contributed by atoms with Crippen molar-refractivity contribution >= 4 is 29.1 Å². The van der Waals surface area contributed by atoms with E-state index in [4.69, 9.17) is 28.3 Å². The number of pyridine rings is 1. The lowest BCUT2D eigenvalue weighted by molar-refractivity contribution is 0.0950. The highest BCUT2D eigenvalue weighted by atomic mass is 35.5. The normalized spacial score (nSPS) is 10.3. The number of carbonyl (C=O) groups excluding carboxylic acids is 1. The number of hydrogen-bond acceptors (Lipinski definition) is 3. The van der Waals surface area contributed by atoms with E-state index in [9.17, 15) is 4.79 Å². The quantitative estimate of drug-likeness (QED) is 0.854. The monoisotopic (exact) mass is 310 g/mol. The number of rotatable bonds is 4. The topological polar surface area (TPSA) is 62.2 Å². The van der Waals surface area contributed by atoms with Crippen LogP contribution in [0.2, 0.25) is 10.3 Å². The molecule has 2 N–H and O–H groups in total. The Morgan fingerprint density at radius 3 is 2.35 bits per heavy atom. The van der Waals surface area contributed by atoms with Gasteiger partial charge in [-0.05, 0) is 23.3 Å². The molecule has 0 unspecified atom stereocenters. The molecule has 6 heteroatoms. The van der Waals surface area contributed by atoms with Gasteiger partial charge in [0.25, 0.3) is 5.91 Å². The summed E-state index contributed by atoms with van der Waals surface area (Å²) in [5.41, 5.74) is 2.03. The molecule has 104 valence electrons. The van der Waals surface area contributed by atoms with Gasteiger partial charge in [-0.25, -0.2) is 4.98 Å². The first kappa shape index (κ1) is 14.8. The van der Waals surface area contributed by atoms with E-state index in [1.807, 2.05) is 12.1 Å². The molecule has 0 saturated carbocycles. The lowest BCUT2D eigenvalue weighted by Gasteiger charge is -2.07. The SMILES string of the molecule is O=C(NCc1ccc(CO)cc1)c1ccc(Cl)nc1Cl. The van der Waals surface area contributed by atoms with Gasteiger partial charge >= 0.3 is 0 Å². The first-order chi connectivity index (χ1) is 9.60. The minimum atomic E-state index is -0.314. The molecule has 1 amide bonds. The summed E-state index contributed by atoms with van der Waals surface area (Å²) in [6.07, 6.45) is 0. The van der Waals surface area contributed by atoms with Crippen molar-refractivity contribution in [3.63, 3.8) is 0 Å². The number of halogens is 2. The highest BCUT2D eigenvalue weighted by Gasteiger charge is 2.11. The van der Waals surface area contributed by atoms with Crippen LogP contribution in [-0.2, 0) is 13.2 Å². The maximum atomic E-state index is 12.0. The third-order valence-corrected chi connectivity index (χ3v) is 3.22. The summed E-state index contributed by atoms with van der Waals surface area (Å²) in [7, 11) is 0. The highest BCUT2D eigenvalue weighted by Crippen LogP contribution is 2.16. The Hall–Kier alpha value is -1.62. The molecule has 4 nitrogen and oxygen atoms in total. The van der Waals surface area contributed by atoms with Gasteiger partial charge in [0.15, 0.2) is 0 Å². The Bertz CT molecular complexity index is 615. The summed E-state index contributed by atoms with van der Waals surface area (Å²) in [6, 6.07) is 10.3. The number of aromatic nitrogens is 1. The van der Waals surface area contributed by atoms with Gasteiger partial charge in [-0.15, -0.1) is 0 Å². The van der Waals surface area contributed by atoms with Crippen molar-refractivity contribution in [2.75, 3.05) is 0 Å². The molecule has 0 fully saturated rings. The van der Waals surface area contributed by atoms with E-state index in [0.717, 1.165) is 11.1 Å². The van der Waals surface area contributed by atoms with E-state index in [2.05, 4.69) is 10.3 Å². The van der Waals surface area contributed by atoms with Crippen LogP contribution in [0.3, 0.4) is 0 Å². The second-order valence-electron chi connectivity index (χ2n) is 4.13. The van der Waals surface area contributed by atoms with E-state index in [1.54, 1.807) is 12.1 Å². The predicted molar refractivity (Wildman–Crippen MR) is 77.8 cm³/mol. The molecule has 0 aliphatic carbocycles. The largest absolute Gasteiger partial charge is 0.392 e. The summed E-state index contributed by atoms with van der Waals surface area (Å²) in [6.45, 7) is 0.363. The number of carbonyl (C=O) groups is 1. The molecule has 0 bridgehead atoms. The van der Waals surface area contributed by atoms with Gasteiger partial charge in [-0.2, -0.15) is 0 Å². The van der Waals surface area contributed by atoms with Gasteiger partial charge in [-0.3, -0.25) is 4.79 Å². The smallest absolute Gasteiger partial charge is 0.254 e. The molecule has 20 heavy (non-hydrogen) atoms. The van der Waals surface area contributed by atoms with Crippen molar-refractivity contribution in [3.8, 4) is 0 Å². The third kappa shape index (κ3) is 3.70. The molecule has 0 aliphatic heterocycles. The molecule has 0 radical (unpaired) electrons. The van der Waals surface area contributed by atoms with Crippen LogP contribution in [0.5, 0.6) is 0 Å². The molecule has 1 aromatic heterocycles. The molecule has 1 aromatic carbocycles. The van der Waals surface area contributed by atoms with Gasteiger partial charge in [0.1, 0.15) is 10.3 Å². The van der Waals surface area contributed by atoms with Gasteiger partial charge < -0.3 is 10.4 Å². The predicted octanol–water partition coefficient (Wildman–Crippen LogP) is 2.81. The van der Waals surface area contributed by atoms with Crippen molar-refractivity contribution in [2.45, 2.75) is 13.2 Å². The molecule has 2 rings (SSSR count). The number of nitrogens with one attached hydrogen (secondary N) is 1. The van der Waals surface area contributed by atoms with E-state index >= 15 is 0 Å². The summed E-state index contributed by atoms with van der Waals surface area (Å²) in [4.78, 5) is 15.8. The zero-order chi connectivity index (χ0) is 14.5. The molecule has 2 aromatic rings. The zero-order valence-electron chi connectivity index (χ0n) is 10.4. The second-order valence-corrected chi connectivity index (χ2v) is 4.87. The average Bonchev–Trinajstić information content (AvgIpc) is 2.45. The first-order valence-corrected chi connectivity index (χ1v) is 6.64. The maximum absolute atomic E-state index is 12.0. The van der Waals surface area contributed by atoms with Crippen molar-refractivity contribution in [1.29, 1.82) is 0 Å². The minimum absolute atomic E-state index is 0.00130. The molecule has 0 saturated heterocycles. The fourth-order valence-corrected chi connectivity index (χ4v) is 2.05. The molecular weight excluding hydrogens is 299 g/mol. The van der Waals surface area contributed by atoms with Crippen molar-refractivity contribution < 1.29 is 9.90 Å². The molecule has 0 spiro atoms. The minimum Gasteiger partial charge on any atom is -0.392 e. The summed E-state index contributed by atoms with van der Waals surface area (Å²) < 4.78 is 0. The van der Waals surface area contributed by atoms with Crippen LogP contribution in [0.25, 0.3) is 0 Å². The zero-order valence-corrected chi connectivity index (χ0v) is 11.9. The number of amides is 1. The average molecular weight is 311 g/mol. The van der Waals surface area contributed by atoms with Gasteiger partial charge in [-0.1, -0.05) is 47.5 Å². The molecule has 0 atom stereocenters. The standard InChI is InChI=1S/C14H12Cl2N2O2/c15-12-6-5-11(13(16)18-12)14(20)17-7-9-1-3-10(8-19)4-2-9/h1-6,19H,7-8H2,(H,17,20). The fraction of sp³-hybridized carbons (Fsp3) is 0.143. The lowest BCUT2D eigenvalue weighted by atomic mass is 10.1. The number of aliphatic hydroxyl groups excluding tert-OH is 1. The Morgan fingerprint density at radius 1 is 1.10 bits per heavy atom. The molecular formula is C14H12Cl2N2O2. The first-order valence-electron chi connectivity index (χ1n) is 5.89. The van der Waals surface area contributed by atoms with E-state index < -0.39 is 0 Å². The van der Waals surface area contributed by atoms with E-state index in [-0.39, 0.29) is 28.4 Å². The summed E-state index contributed by atoms with van der Waals surface area (Å²) >= 11 is 11.5. The van der Waals surface area contributed by atoms with Crippen molar-refractivity contribution in [1.82, 2.24) is 10.3 Å². The van der Waals surface area contributed by atoms with Crippen LogP contribution in [0.15, 0.2) is 36.4 Å². The third-order valence-electron chi connectivity index (χ3n) is 2.72. The van der Waals surface area contributed by atoms with E-state index in [0.29, 0.717) is 6.54 Å². The van der Waals surface area contributed by atoms with Crippen LogP contribution in [0.4, 0.5) is 0 Å². The Kier molecular flexibility index (Phi) is 4.95. The summed E-state index contributed by atoms with van der Waals surface area (Å²) in [5, 5.41) is 12.0. The molecule has 1 heterocycles. The van der Waals surface area contributed by atoms with Crippen LogP contribution in [0.1, 0.15) is 21.5 Å². The van der Waals surface area contributed by atoms with Gasteiger partial charge in [0.2, 0.25) is 0 Å². The van der Waals surface area contributed by atoms with Crippen molar-refractivity contribution in [3.05, 3.63) is 63.4 Å². The Morgan fingerprint density at radius 2 is 1.75 bits per heavy atom.